The van der Waals surface area contributed by atoms with Crippen molar-refractivity contribution in [2.45, 2.75) is 6.92 Å². The van der Waals surface area contributed by atoms with E-state index in [4.69, 9.17) is 16.3 Å². The SMILES string of the molecule is CCOc1cc(/C=C/C(=O)c2ccc(F)c(Cl)c2)ccc1O. The minimum atomic E-state index is -0.568. The smallest absolute Gasteiger partial charge is 0.185 e. The summed E-state index contributed by atoms with van der Waals surface area (Å²) in [6.07, 6.45) is 2.94. The van der Waals surface area contributed by atoms with Gasteiger partial charge in [0.05, 0.1) is 11.6 Å². The predicted octanol–water partition coefficient (Wildman–Crippen LogP) is 4.48. The number of aromatic hydroxyl groups is 1. The van der Waals surface area contributed by atoms with Gasteiger partial charge in [-0.3, -0.25) is 4.79 Å². The number of phenolic OH excluding ortho intramolecular Hbond substituents is 1. The molecule has 2 rings (SSSR count). The third-order valence-corrected chi connectivity index (χ3v) is 3.20. The molecule has 3 nitrogen and oxygen atoms in total. The standard InChI is InChI=1S/C17H14ClFO3/c1-2-22-17-9-11(4-8-16(17)21)3-7-15(20)12-5-6-14(19)13(18)10-12/h3-10,21H,2H2,1H3/b7-3+. The van der Waals surface area contributed by atoms with Gasteiger partial charge in [0, 0.05) is 5.56 Å². The average molecular weight is 321 g/mol. The molecule has 22 heavy (non-hydrogen) atoms. The first-order chi connectivity index (χ1) is 10.5. The number of benzene rings is 2. The molecule has 0 aliphatic rings. The largest absolute Gasteiger partial charge is 0.504 e. The minimum Gasteiger partial charge on any atom is -0.504 e. The van der Waals surface area contributed by atoms with Gasteiger partial charge in [0.25, 0.3) is 0 Å². The van der Waals surface area contributed by atoms with Crippen molar-refractivity contribution >= 4 is 23.5 Å². The number of allylic oxidation sites excluding steroid dienone is 1. The van der Waals surface area contributed by atoms with Crippen molar-refractivity contribution in [3.05, 3.63) is 64.4 Å². The highest BCUT2D eigenvalue weighted by Gasteiger charge is 2.06. The third-order valence-electron chi connectivity index (χ3n) is 2.91. The Kier molecular flexibility index (Phi) is 5.17. The normalized spacial score (nSPS) is 10.9. The maximum atomic E-state index is 13.1. The summed E-state index contributed by atoms with van der Waals surface area (Å²) < 4.78 is 18.3. The molecule has 1 N–H and O–H groups in total. The van der Waals surface area contributed by atoms with E-state index in [9.17, 15) is 14.3 Å². The Bertz CT molecular complexity index is 726. The molecular formula is C17H14ClFO3. The molecule has 2 aromatic rings. The summed E-state index contributed by atoms with van der Waals surface area (Å²) in [7, 11) is 0. The number of ketones is 1. The fourth-order valence-corrected chi connectivity index (χ4v) is 2.00. The highest BCUT2D eigenvalue weighted by molar-refractivity contribution is 6.31. The molecule has 0 fully saturated rings. The lowest BCUT2D eigenvalue weighted by Gasteiger charge is -2.06. The number of carbonyl (C=O) groups excluding carboxylic acids is 1. The Balaban J connectivity index is 2.18. The van der Waals surface area contributed by atoms with Crippen LogP contribution in [0.25, 0.3) is 6.08 Å². The zero-order valence-corrected chi connectivity index (χ0v) is 12.6. The zero-order chi connectivity index (χ0) is 16.1. The van der Waals surface area contributed by atoms with Crippen LogP contribution in [-0.4, -0.2) is 17.5 Å². The van der Waals surface area contributed by atoms with Crippen LogP contribution in [0.15, 0.2) is 42.5 Å². The minimum absolute atomic E-state index is 0.0376. The van der Waals surface area contributed by atoms with E-state index in [-0.39, 0.29) is 16.6 Å². The van der Waals surface area contributed by atoms with Gasteiger partial charge < -0.3 is 9.84 Å². The van der Waals surface area contributed by atoms with Crippen LogP contribution >= 0.6 is 11.6 Å². The maximum Gasteiger partial charge on any atom is 0.185 e. The summed E-state index contributed by atoms with van der Waals surface area (Å²) in [5, 5.41) is 9.52. The second-order valence-electron chi connectivity index (χ2n) is 4.49. The number of phenols is 1. The van der Waals surface area contributed by atoms with E-state index in [2.05, 4.69) is 0 Å². The van der Waals surface area contributed by atoms with Crippen LogP contribution in [-0.2, 0) is 0 Å². The monoisotopic (exact) mass is 320 g/mol. The molecule has 5 heteroatoms. The van der Waals surface area contributed by atoms with Gasteiger partial charge in [-0.2, -0.15) is 0 Å². The summed E-state index contributed by atoms with van der Waals surface area (Å²) in [5.74, 6) is -0.479. The van der Waals surface area contributed by atoms with Crippen LogP contribution in [0.3, 0.4) is 0 Å². The van der Waals surface area contributed by atoms with E-state index in [0.717, 1.165) is 6.07 Å². The maximum absolute atomic E-state index is 13.1. The molecule has 0 aliphatic heterocycles. The summed E-state index contributed by atoms with van der Waals surface area (Å²) >= 11 is 5.65. The zero-order valence-electron chi connectivity index (χ0n) is 11.8. The van der Waals surface area contributed by atoms with Gasteiger partial charge in [0.2, 0.25) is 0 Å². The predicted molar refractivity (Wildman–Crippen MR) is 84.1 cm³/mol. The van der Waals surface area contributed by atoms with Gasteiger partial charge in [-0.25, -0.2) is 4.39 Å². The van der Waals surface area contributed by atoms with E-state index in [1.54, 1.807) is 18.2 Å². The summed E-state index contributed by atoms with van der Waals surface area (Å²) in [6, 6.07) is 8.57. The lowest BCUT2D eigenvalue weighted by molar-refractivity contribution is 0.104. The quantitative estimate of drug-likeness (QED) is 0.652. The van der Waals surface area contributed by atoms with Crippen LogP contribution < -0.4 is 4.74 Å². The number of hydrogen-bond acceptors (Lipinski definition) is 3. The molecule has 0 radical (unpaired) electrons. The van der Waals surface area contributed by atoms with Crippen molar-refractivity contribution in [1.29, 1.82) is 0 Å². The highest BCUT2D eigenvalue weighted by atomic mass is 35.5. The number of hydrogen-bond donors (Lipinski definition) is 1. The molecule has 0 heterocycles. The summed E-state index contributed by atoms with van der Waals surface area (Å²) in [6.45, 7) is 2.23. The third kappa shape index (κ3) is 3.86. The fraction of sp³-hybridized carbons (Fsp3) is 0.118. The van der Waals surface area contributed by atoms with Gasteiger partial charge in [0.1, 0.15) is 5.82 Å². The van der Waals surface area contributed by atoms with Crippen molar-refractivity contribution in [2.24, 2.45) is 0 Å². The second-order valence-corrected chi connectivity index (χ2v) is 4.89. The van der Waals surface area contributed by atoms with Gasteiger partial charge in [-0.1, -0.05) is 23.7 Å². The Morgan fingerprint density at radius 1 is 1.32 bits per heavy atom. The van der Waals surface area contributed by atoms with Gasteiger partial charge in [0.15, 0.2) is 17.3 Å². The number of carbonyl (C=O) groups is 1. The highest BCUT2D eigenvalue weighted by Crippen LogP contribution is 2.27. The first kappa shape index (κ1) is 16.0. The van der Waals surface area contributed by atoms with Crippen LogP contribution in [0.5, 0.6) is 11.5 Å². The van der Waals surface area contributed by atoms with Crippen LogP contribution in [0.4, 0.5) is 4.39 Å². The van der Waals surface area contributed by atoms with E-state index >= 15 is 0 Å². The molecule has 0 aliphatic carbocycles. The molecule has 0 amide bonds. The first-order valence-corrected chi connectivity index (χ1v) is 7.02. The Hall–Kier alpha value is -2.33. The van der Waals surface area contributed by atoms with E-state index in [0.29, 0.717) is 23.5 Å². The Morgan fingerprint density at radius 3 is 2.77 bits per heavy atom. The van der Waals surface area contributed by atoms with Crippen molar-refractivity contribution in [2.75, 3.05) is 6.61 Å². The molecule has 0 atom stereocenters. The molecule has 0 unspecified atom stereocenters. The number of ether oxygens (including phenoxy) is 1. The van der Waals surface area contributed by atoms with E-state index < -0.39 is 5.82 Å². The molecule has 2 aromatic carbocycles. The fourth-order valence-electron chi connectivity index (χ4n) is 1.82. The van der Waals surface area contributed by atoms with Crippen LogP contribution in [0, 0.1) is 5.82 Å². The van der Waals surface area contributed by atoms with Crippen molar-refractivity contribution < 1.29 is 19.0 Å². The first-order valence-electron chi connectivity index (χ1n) is 6.64. The van der Waals surface area contributed by atoms with E-state index in [1.165, 1.54) is 24.3 Å². The van der Waals surface area contributed by atoms with Gasteiger partial charge in [-0.15, -0.1) is 0 Å². The number of rotatable bonds is 5. The summed E-state index contributed by atoms with van der Waals surface area (Å²) in [5.41, 5.74) is 0.995. The topological polar surface area (TPSA) is 46.5 Å². The Morgan fingerprint density at radius 2 is 2.09 bits per heavy atom. The van der Waals surface area contributed by atoms with Crippen molar-refractivity contribution in [1.82, 2.24) is 0 Å². The lowest BCUT2D eigenvalue weighted by Crippen LogP contribution is -1.95. The number of halogens is 2. The molecule has 0 saturated carbocycles. The van der Waals surface area contributed by atoms with Crippen molar-refractivity contribution in [3.8, 4) is 11.5 Å². The molecule has 114 valence electrons. The molecule has 0 spiro atoms. The van der Waals surface area contributed by atoms with Gasteiger partial charge in [-0.05, 0) is 48.9 Å². The second kappa shape index (κ2) is 7.09. The van der Waals surface area contributed by atoms with Crippen molar-refractivity contribution in [3.63, 3.8) is 0 Å². The van der Waals surface area contributed by atoms with E-state index in [1.807, 2.05) is 6.92 Å². The van der Waals surface area contributed by atoms with Crippen LogP contribution in [0.1, 0.15) is 22.8 Å². The molecule has 0 saturated heterocycles. The van der Waals surface area contributed by atoms with Gasteiger partial charge >= 0.3 is 0 Å². The molecule has 0 bridgehead atoms. The lowest BCUT2D eigenvalue weighted by atomic mass is 10.1. The molecular weight excluding hydrogens is 307 g/mol. The summed E-state index contributed by atoms with van der Waals surface area (Å²) in [4.78, 5) is 12.0. The molecule has 0 aromatic heterocycles. The van der Waals surface area contributed by atoms with Crippen LogP contribution in [0.2, 0.25) is 5.02 Å². The average Bonchev–Trinajstić information content (AvgIpc) is 2.50. The Labute approximate surface area is 132 Å².